The maximum atomic E-state index is 12.5. The Hall–Kier alpha value is -3.76. The van der Waals surface area contributed by atoms with Crippen LogP contribution in [0.1, 0.15) is 38.3 Å². The number of hydrogen-bond donors (Lipinski definition) is 8. The molecule has 47 heavy (non-hydrogen) atoms. The molecule has 2 aromatic heterocycles. The zero-order chi connectivity index (χ0) is 33.7. The van der Waals surface area contributed by atoms with E-state index in [9.17, 15) is 30.0 Å². The van der Waals surface area contributed by atoms with Crippen LogP contribution < -0.4 is 16.8 Å². The highest BCUT2D eigenvalue weighted by atomic mass is 16.6. The van der Waals surface area contributed by atoms with E-state index in [1.165, 1.54) is 22.1 Å². The molecule has 5 heterocycles. The van der Waals surface area contributed by atoms with Crippen molar-refractivity contribution < 1.29 is 44.2 Å². The van der Waals surface area contributed by atoms with Gasteiger partial charge in [0.2, 0.25) is 5.96 Å². The van der Waals surface area contributed by atoms with Crippen molar-refractivity contribution >= 4 is 35.4 Å². The van der Waals surface area contributed by atoms with Crippen LogP contribution in [-0.2, 0) is 19.0 Å². The van der Waals surface area contributed by atoms with Crippen LogP contribution in [0.4, 0.5) is 10.6 Å². The number of nitrogen functional groups attached to an aromatic ring is 1. The van der Waals surface area contributed by atoms with Gasteiger partial charge >= 0.3 is 6.03 Å². The number of aliphatic hydroxyl groups excluding tert-OH is 4. The van der Waals surface area contributed by atoms with Crippen molar-refractivity contribution in [1.29, 1.82) is 5.41 Å². The lowest BCUT2D eigenvalue weighted by Gasteiger charge is -2.39. The fourth-order valence-corrected chi connectivity index (χ4v) is 6.03. The smallest absolute Gasteiger partial charge is 0.327 e. The molecule has 3 saturated heterocycles. The Kier molecular flexibility index (Phi) is 11.3. The van der Waals surface area contributed by atoms with Gasteiger partial charge in [-0.1, -0.05) is 6.42 Å². The van der Waals surface area contributed by atoms with Gasteiger partial charge in [0.15, 0.2) is 23.9 Å². The number of nitrogens with two attached hydrogens (primary N) is 2. The standard InChI is InChI=1S/C27H43N11O9/c28-18(45-14-40)4-7-35(9-16-21(42)22(43)25(47-16)37-12-33-20-23(29)31-11-32-24(20)37)5-2-1-3-6-36-13-38(27(44)34-26(36)30)19-8-15(41)17(10-39)46-19/h11-12,14-19,21-22,25,39,41-43H,1-10,13,28H2,(H2,29,31,32)(H2,30,34,44)/t15-,16+,17+,18+,19+,21+,22+,25+/m0/s1. The van der Waals surface area contributed by atoms with Gasteiger partial charge in [-0.05, 0) is 19.4 Å². The van der Waals surface area contributed by atoms with Gasteiger partial charge in [0.1, 0.15) is 49.2 Å². The summed E-state index contributed by atoms with van der Waals surface area (Å²) in [7, 11) is 0. The molecule has 0 aromatic carbocycles. The quantitative estimate of drug-likeness (QED) is 0.0505. The van der Waals surface area contributed by atoms with Crippen molar-refractivity contribution in [2.45, 2.75) is 81.3 Å². The van der Waals surface area contributed by atoms with Crippen molar-refractivity contribution in [1.82, 2.24) is 39.5 Å². The Morgan fingerprint density at radius 3 is 2.70 bits per heavy atom. The van der Waals surface area contributed by atoms with Crippen LogP contribution in [0.15, 0.2) is 12.7 Å². The molecular formula is C27H43N11O9. The van der Waals surface area contributed by atoms with Crippen molar-refractivity contribution in [3.8, 4) is 0 Å². The number of nitrogens with zero attached hydrogens (tertiary/aromatic N) is 7. The third-order valence-electron chi connectivity index (χ3n) is 8.66. The number of imidazole rings is 1. The average Bonchev–Trinajstić information content (AvgIpc) is 3.72. The number of nitrogens with one attached hydrogen (secondary N) is 2. The predicted molar refractivity (Wildman–Crippen MR) is 162 cm³/mol. The van der Waals surface area contributed by atoms with Gasteiger partial charge in [-0.2, -0.15) is 0 Å². The van der Waals surface area contributed by atoms with E-state index in [0.717, 1.165) is 6.42 Å². The number of amides is 2. The Morgan fingerprint density at radius 1 is 1.15 bits per heavy atom. The zero-order valence-electron chi connectivity index (χ0n) is 25.7. The van der Waals surface area contributed by atoms with E-state index in [0.29, 0.717) is 56.5 Å². The lowest BCUT2D eigenvalue weighted by Crippen LogP contribution is -2.62. The Labute approximate surface area is 269 Å². The van der Waals surface area contributed by atoms with E-state index in [-0.39, 0.29) is 38.0 Å². The molecular weight excluding hydrogens is 622 g/mol. The zero-order valence-corrected chi connectivity index (χ0v) is 25.7. The molecule has 20 heteroatoms. The summed E-state index contributed by atoms with van der Waals surface area (Å²) >= 11 is 0. The second-order valence-electron chi connectivity index (χ2n) is 11.8. The van der Waals surface area contributed by atoms with Gasteiger partial charge < -0.3 is 50.2 Å². The van der Waals surface area contributed by atoms with E-state index in [1.54, 1.807) is 4.90 Å². The number of urea groups is 1. The van der Waals surface area contributed by atoms with Crippen LogP contribution in [0.2, 0.25) is 0 Å². The maximum absolute atomic E-state index is 12.5. The van der Waals surface area contributed by atoms with E-state index in [4.69, 9.17) is 31.1 Å². The molecule has 2 amide bonds. The highest BCUT2D eigenvalue weighted by Crippen LogP contribution is 2.32. The van der Waals surface area contributed by atoms with E-state index < -0.39 is 55.2 Å². The number of anilines is 1. The Balaban J connectivity index is 1.14. The molecule has 0 unspecified atom stereocenters. The van der Waals surface area contributed by atoms with E-state index >= 15 is 0 Å². The first-order chi connectivity index (χ1) is 22.6. The van der Waals surface area contributed by atoms with Crippen LogP contribution in [0.5, 0.6) is 0 Å². The SMILES string of the molecule is N=C1NC(=O)N([C@H]2C[C@H](O)[C@@H](CO)O2)CN1CCCCCN(CC[C@H](N)OC=O)C[C@H]1O[C@@H](n2cnc3c(N)ncnc32)[C@H](O)[C@@H]1O. The highest BCUT2D eigenvalue weighted by Gasteiger charge is 2.45. The monoisotopic (exact) mass is 665 g/mol. The van der Waals surface area contributed by atoms with Gasteiger partial charge in [-0.25, -0.2) is 19.7 Å². The van der Waals surface area contributed by atoms with Crippen LogP contribution in [0.25, 0.3) is 11.2 Å². The number of aromatic nitrogens is 4. The normalized spacial score (nSPS) is 28.8. The minimum absolute atomic E-state index is 0.0328. The van der Waals surface area contributed by atoms with E-state index in [2.05, 4.69) is 20.3 Å². The minimum atomic E-state index is -1.27. The van der Waals surface area contributed by atoms with Crippen LogP contribution in [0.3, 0.4) is 0 Å². The minimum Gasteiger partial charge on any atom is -0.449 e. The number of hydrogen-bond acceptors (Lipinski definition) is 16. The summed E-state index contributed by atoms with van der Waals surface area (Å²) in [5.74, 6) is 0.144. The van der Waals surface area contributed by atoms with Crippen molar-refractivity contribution in [3.05, 3.63) is 12.7 Å². The summed E-state index contributed by atoms with van der Waals surface area (Å²) in [6.45, 7) is 1.73. The number of ether oxygens (including phenoxy) is 3. The number of rotatable bonds is 16. The highest BCUT2D eigenvalue weighted by molar-refractivity contribution is 5.96. The first-order valence-electron chi connectivity index (χ1n) is 15.5. The lowest BCUT2D eigenvalue weighted by atomic mass is 10.1. The number of aliphatic hydroxyl groups is 4. The number of carbonyl (C=O) groups is 2. The second-order valence-corrected chi connectivity index (χ2v) is 11.8. The molecule has 3 aliphatic rings. The van der Waals surface area contributed by atoms with Gasteiger partial charge in [0, 0.05) is 32.5 Å². The average molecular weight is 666 g/mol. The summed E-state index contributed by atoms with van der Waals surface area (Å²) in [6.07, 6.45) is -2.09. The van der Waals surface area contributed by atoms with Crippen molar-refractivity contribution in [3.63, 3.8) is 0 Å². The number of unbranched alkanes of at least 4 members (excludes halogenated alkanes) is 2. The predicted octanol–water partition coefficient (Wildman–Crippen LogP) is -2.96. The Morgan fingerprint density at radius 2 is 1.96 bits per heavy atom. The number of fused-ring (bicyclic) bond motifs is 1. The Bertz CT molecular complexity index is 1380. The fourth-order valence-electron chi connectivity index (χ4n) is 6.03. The molecule has 0 spiro atoms. The molecule has 2 aromatic rings. The van der Waals surface area contributed by atoms with Gasteiger partial charge in [0.05, 0.1) is 19.0 Å². The molecule has 10 N–H and O–H groups in total. The largest absolute Gasteiger partial charge is 0.449 e. The fraction of sp³-hybridized carbons (Fsp3) is 0.704. The molecule has 0 saturated carbocycles. The maximum Gasteiger partial charge on any atom is 0.327 e. The molecule has 260 valence electrons. The summed E-state index contributed by atoms with van der Waals surface area (Å²) in [4.78, 5) is 40.7. The van der Waals surface area contributed by atoms with Crippen LogP contribution in [-0.4, -0.2) is 156 Å². The van der Waals surface area contributed by atoms with Gasteiger partial charge in [-0.3, -0.25) is 30.7 Å². The van der Waals surface area contributed by atoms with Crippen LogP contribution >= 0.6 is 0 Å². The second kappa shape index (κ2) is 15.4. The molecule has 20 nitrogen and oxygen atoms in total. The van der Waals surface area contributed by atoms with Crippen molar-refractivity contribution in [2.24, 2.45) is 5.73 Å². The molecule has 8 atom stereocenters. The molecule has 0 bridgehead atoms. The number of guanidine groups is 1. The first kappa shape index (κ1) is 34.6. The van der Waals surface area contributed by atoms with Gasteiger partial charge in [0.25, 0.3) is 6.47 Å². The van der Waals surface area contributed by atoms with Crippen LogP contribution in [0, 0.1) is 5.41 Å². The summed E-state index contributed by atoms with van der Waals surface area (Å²) in [5, 5.41) is 52.0. The molecule has 3 fully saturated rings. The first-order valence-corrected chi connectivity index (χ1v) is 15.5. The summed E-state index contributed by atoms with van der Waals surface area (Å²) in [6, 6.07) is -0.503. The molecule has 5 rings (SSSR count). The van der Waals surface area contributed by atoms with Crippen molar-refractivity contribution in [2.75, 3.05) is 45.2 Å². The summed E-state index contributed by atoms with van der Waals surface area (Å²) in [5.41, 5.74) is 12.5. The lowest BCUT2D eigenvalue weighted by molar-refractivity contribution is -0.133. The van der Waals surface area contributed by atoms with Gasteiger partial charge in [-0.15, -0.1) is 0 Å². The summed E-state index contributed by atoms with van der Waals surface area (Å²) < 4.78 is 18.1. The number of carbonyl (C=O) groups excluding carboxylic acids is 2. The molecule has 0 radical (unpaired) electrons. The van der Waals surface area contributed by atoms with E-state index in [1.807, 2.05) is 4.90 Å². The molecule has 0 aliphatic carbocycles. The topological polar surface area (TPSA) is 284 Å². The third kappa shape index (κ3) is 7.87. The molecule has 3 aliphatic heterocycles. The third-order valence-corrected chi connectivity index (χ3v) is 8.66.